The molecule has 0 aromatic carbocycles. The Morgan fingerprint density at radius 2 is 1.76 bits per heavy atom. The van der Waals surface area contributed by atoms with Crippen LogP contribution in [0.4, 0.5) is 8.78 Å². The van der Waals surface area contributed by atoms with Crippen molar-refractivity contribution in [2.24, 2.45) is 5.92 Å². The lowest BCUT2D eigenvalue weighted by molar-refractivity contribution is 0.0105. The molecule has 2 rings (SSSR count). The van der Waals surface area contributed by atoms with Gasteiger partial charge < -0.3 is 10.2 Å². The number of rotatable bonds is 4. The molecule has 5 heteroatoms. The molecule has 2 fully saturated rings. The van der Waals surface area contributed by atoms with Crippen LogP contribution >= 0.6 is 0 Å². The largest absolute Gasteiger partial charge is 0.314 e. The average molecular weight is 247 g/mol. The van der Waals surface area contributed by atoms with Gasteiger partial charge in [-0.05, 0) is 5.92 Å². The molecule has 0 aliphatic carbocycles. The van der Waals surface area contributed by atoms with Crippen molar-refractivity contribution in [3.05, 3.63) is 0 Å². The molecule has 0 aromatic heterocycles. The fraction of sp³-hybridized carbons (Fsp3) is 1.00. The van der Waals surface area contributed by atoms with Crippen molar-refractivity contribution in [2.75, 3.05) is 52.4 Å². The first-order valence-electron chi connectivity index (χ1n) is 6.58. The summed E-state index contributed by atoms with van der Waals surface area (Å²) in [5.41, 5.74) is 0. The van der Waals surface area contributed by atoms with Gasteiger partial charge in [-0.15, -0.1) is 0 Å². The lowest BCUT2D eigenvalue weighted by Gasteiger charge is -2.31. The smallest absolute Gasteiger partial charge is 0.261 e. The number of likely N-dealkylation sites (tertiary alicyclic amines) is 1. The maximum atomic E-state index is 13.0. The first-order chi connectivity index (χ1) is 8.05. The van der Waals surface area contributed by atoms with Gasteiger partial charge in [-0.3, -0.25) is 4.90 Å². The lowest BCUT2D eigenvalue weighted by Crippen LogP contribution is -2.46. The third-order valence-corrected chi connectivity index (χ3v) is 3.60. The summed E-state index contributed by atoms with van der Waals surface area (Å²) in [6.07, 6.45) is 0.0351. The van der Waals surface area contributed by atoms with E-state index in [1.807, 2.05) is 4.90 Å². The summed E-state index contributed by atoms with van der Waals surface area (Å²) in [5, 5.41) is 3.32. The van der Waals surface area contributed by atoms with Gasteiger partial charge in [0.25, 0.3) is 5.92 Å². The molecule has 0 spiro atoms. The minimum atomic E-state index is -2.45. The number of hydrogen-bond acceptors (Lipinski definition) is 3. The van der Waals surface area contributed by atoms with Crippen LogP contribution < -0.4 is 5.32 Å². The van der Waals surface area contributed by atoms with Crippen LogP contribution in [0.1, 0.15) is 13.3 Å². The Bertz CT molecular complexity index is 242. The Hall–Kier alpha value is -0.260. The summed E-state index contributed by atoms with van der Waals surface area (Å²) < 4.78 is 26.1. The predicted octanol–water partition coefficient (Wildman–Crippen LogP) is 0.869. The van der Waals surface area contributed by atoms with Gasteiger partial charge in [0.05, 0.1) is 6.54 Å². The minimum Gasteiger partial charge on any atom is -0.314 e. The molecular formula is C12H23F2N3. The highest BCUT2D eigenvalue weighted by Gasteiger charge is 2.38. The third-order valence-electron chi connectivity index (χ3n) is 3.60. The minimum absolute atomic E-state index is 0.0351. The van der Waals surface area contributed by atoms with E-state index in [1.54, 1.807) is 0 Å². The van der Waals surface area contributed by atoms with E-state index in [2.05, 4.69) is 17.1 Å². The molecule has 17 heavy (non-hydrogen) atoms. The molecular weight excluding hydrogens is 224 g/mol. The topological polar surface area (TPSA) is 18.5 Å². The molecule has 2 aliphatic rings. The van der Waals surface area contributed by atoms with Gasteiger partial charge >= 0.3 is 0 Å². The Balaban J connectivity index is 1.68. The molecule has 2 aliphatic heterocycles. The molecule has 2 heterocycles. The van der Waals surface area contributed by atoms with Gasteiger partial charge in [-0.1, -0.05) is 6.92 Å². The third kappa shape index (κ3) is 4.16. The number of nitrogens with zero attached hydrogens (tertiary/aromatic N) is 2. The molecule has 0 amide bonds. The Kier molecular flexibility index (Phi) is 4.33. The highest BCUT2D eigenvalue weighted by molar-refractivity contribution is 4.83. The van der Waals surface area contributed by atoms with Gasteiger partial charge in [0, 0.05) is 52.2 Å². The van der Waals surface area contributed by atoms with E-state index in [9.17, 15) is 8.78 Å². The van der Waals surface area contributed by atoms with Gasteiger partial charge in [-0.2, -0.15) is 0 Å². The van der Waals surface area contributed by atoms with E-state index < -0.39 is 5.92 Å². The number of hydrogen-bond donors (Lipinski definition) is 1. The lowest BCUT2D eigenvalue weighted by atomic mass is 10.1. The normalized spacial score (nSPS) is 28.4. The van der Waals surface area contributed by atoms with Crippen LogP contribution in [0.5, 0.6) is 0 Å². The molecule has 0 aromatic rings. The molecule has 0 radical (unpaired) electrons. The standard InChI is InChI=1S/C12H23F2N3/c1-11(8-16-6-3-15-4-7-16)9-17-5-2-12(13,14)10-17/h11,15H,2-10H2,1H3. The summed E-state index contributed by atoms with van der Waals surface area (Å²) in [4.78, 5) is 4.34. The van der Waals surface area contributed by atoms with E-state index in [4.69, 9.17) is 0 Å². The predicted molar refractivity (Wildman–Crippen MR) is 64.5 cm³/mol. The molecule has 1 N–H and O–H groups in total. The number of nitrogens with one attached hydrogen (secondary N) is 1. The Labute approximate surface area is 102 Å². The van der Waals surface area contributed by atoms with E-state index in [0.717, 1.165) is 39.3 Å². The van der Waals surface area contributed by atoms with Crippen molar-refractivity contribution in [3.63, 3.8) is 0 Å². The quantitative estimate of drug-likeness (QED) is 0.795. The first-order valence-corrected chi connectivity index (χ1v) is 6.58. The Morgan fingerprint density at radius 3 is 2.35 bits per heavy atom. The van der Waals surface area contributed by atoms with Crippen LogP contribution in [-0.2, 0) is 0 Å². The number of alkyl halides is 2. The van der Waals surface area contributed by atoms with Gasteiger partial charge in [0.2, 0.25) is 0 Å². The summed E-state index contributed by atoms with van der Waals surface area (Å²) >= 11 is 0. The van der Waals surface area contributed by atoms with E-state index in [0.29, 0.717) is 12.5 Å². The van der Waals surface area contributed by atoms with Crippen LogP contribution in [-0.4, -0.2) is 68.1 Å². The zero-order valence-electron chi connectivity index (χ0n) is 10.6. The van der Waals surface area contributed by atoms with Crippen LogP contribution in [0, 0.1) is 5.92 Å². The summed E-state index contributed by atoms with van der Waals surface area (Å²) in [7, 11) is 0. The molecule has 1 unspecified atom stereocenters. The Morgan fingerprint density at radius 1 is 1.12 bits per heavy atom. The van der Waals surface area contributed by atoms with Gasteiger partial charge in [0.1, 0.15) is 0 Å². The molecule has 1 atom stereocenters. The second kappa shape index (κ2) is 5.59. The maximum Gasteiger partial charge on any atom is 0.261 e. The van der Waals surface area contributed by atoms with Crippen molar-refractivity contribution in [1.29, 1.82) is 0 Å². The molecule has 0 saturated carbocycles. The molecule has 0 bridgehead atoms. The maximum absolute atomic E-state index is 13.0. The number of halogens is 2. The highest BCUT2D eigenvalue weighted by atomic mass is 19.3. The average Bonchev–Trinajstić information content (AvgIpc) is 2.59. The molecule has 3 nitrogen and oxygen atoms in total. The highest BCUT2D eigenvalue weighted by Crippen LogP contribution is 2.27. The van der Waals surface area contributed by atoms with Crippen molar-refractivity contribution in [1.82, 2.24) is 15.1 Å². The van der Waals surface area contributed by atoms with Crippen LogP contribution in [0.25, 0.3) is 0 Å². The summed E-state index contributed by atoms with van der Waals surface area (Å²) in [6, 6.07) is 0. The van der Waals surface area contributed by atoms with Gasteiger partial charge in [0.15, 0.2) is 0 Å². The van der Waals surface area contributed by atoms with Crippen LogP contribution in [0.15, 0.2) is 0 Å². The van der Waals surface area contributed by atoms with E-state index >= 15 is 0 Å². The zero-order chi connectivity index (χ0) is 12.3. The summed E-state index contributed by atoms with van der Waals surface area (Å²) in [5.74, 6) is -1.98. The van der Waals surface area contributed by atoms with Crippen LogP contribution in [0.3, 0.4) is 0 Å². The van der Waals surface area contributed by atoms with Gasteiger partial charge in [-0.25, -0.2) is 8.78 Å². The second-order valence-corrected chi connectivity index (χ2v) is 5.50. The van der Waals surface area contributed by atoms with Crippen molar-refractivity contribution in [3.8, 4) is 0 Å². The summed E-state index contributed by atoms with van der Waals surface area (Å²) in [6.45, 7) is 8.78. The monoisotopic (exact) mass is 247 g/mol. The number of piperazine rings is 1. The zero-order valence-corrected chi connectivity index (χ0v) is 10.6. The molecule has 100 valence electrons. The van der Waals surface area contributed by atoms with E-state index in [1.165, 1.54) is 0 Å². The van der Waals surface area contributed by atoms with Crippen molar-refractivity contribution >= 4 is 0 Å². The molecule has 2 saturated heterocycles. The van der Waals surface area contributed by atoms with Crippen molar-refractivity contribution < 1.29 is 8.78 Å². The SMILES string of the molecule is CC(CN1CCNCC1)CN1CCC(F)(F)C1. The van der Waals surface area contributed by atoms with Crippen molar-refractivity contribution in [2.45, 2.75) is 19.3 Å². The fourth-order valence-electron chi connectivity index (χ4n) is 2.80. The fourth-order valence-corrected chi connectivity index (χ4v) is 2.80. The first kappa shape index (κ1) is 13.2. The second-order valence-electron chi connectivity index (χ2n) is 5.50. The van der Waals surface area contributed by atoms with Crippen LogP contribution in [0.2, 0.25) is 0 Å². The van der Waals surface area contributed by atoms with E-state index in [-0.39, 0.29) is 13.0 Å².